The molecule has 5 nitrogen and oxygen atoms in total. The van der Waals surface area contributed by atoms with Crippen molar-refractivity contribution in [2.24, 2.45) is 5.92 Å². The fourth-order valence-corrected chi connectivity index (χ4v) is 2.64. The van der Waals surface area contributed by atoms with E-state index in [-0.39, 0.29) is 23.7 Å². The lowest BCUT2D eigenvalue weighted by molar-refractivity contribution is 0.497. The van der Waals surface area contributed by atoms with E-state index in [4.69, 9.17) is 5.26 Å². The summed E-state index contributed by atoms with van der Waals surface area (Å²) in [6.45, 7) is 2.50. The molecule has 84 valence electrons. The molecule has 1 aliphatic rings. The quantitative estimate of drug-likeness (QED) is 0.693. The Bertz CT molecular complexity index is 567. The summed E-state index contributed by atoms with van der Waals surface area (Å²) in [7, 11) is 0. The molecule has 2 rings (SSSR count). The molecule has 6 heteroatoms. The normalized spacial score (nSPS) is 15.5. The minimum Gasteiger partial charge on any atom is -0.287 e. The van der Waals surface area contributed by atoms with Gasteiger partial charge in [0.25, 0.3) is 5.56 Å². The SMILES string of the molecule is CC(C#N)Cn1c(=O)cc2n(c1=O)CCS2. The molecule has 0 fully saturated rings. The van der Waals surface area contributed by atoms with Gasteiger partial charge in [-0.1, -0.05) is 0 Å². The predicted molar refractivity (Wildman–Crippen MR) is 60.5 cm³/mol. The molecule has 1 aromatic rings. The van der Waals surface area contributed by atoms with Gasteiger partial charge >= 0.3 is 5.69 Å². The third-order valence-electron chi connectivity index (χ3n) is 2.48. The van der Waals surface area contributed by atoms with Crippen LogP contribution in [0.2, 0.25) is 0 Å². The second-order valence-electron chi connectivity index (χ2n) is 3.74. The van der Waals surface area contributed by atoms with E-state index in [1.165, 1.54) is 17.8 Å². The Morgan fingerprint density at radius 2 is 2.38 bits per heavy atom. The average Bonchev–Trinajstić information content (AvgIpc) is 2.71. The smallest absolute Gasteiger partial charge is 0.287 e. The maximum absolute atomic E-state index is 11.9. The summed E-state index contributed by atoms with van der Waals surface area (Å²) in [5.74, 6) is 0.491. The first-order valence-corrected chi connectivity index (χ1v) is 5.99. The molecule has 1 atom stereocenters. The summed E-state index contributed by atoms with van der Waals surface area (Å²) in [5.41, 5.74) is -0.609. The molecule has 0 saturated heterocycles. The van der Waals surface area contributed by atoms with Crippen molar-refractivity contribution in [3.8, 4) is 6.07 Å². The van der Waals surface area contributed by atoms with Crippen LogP contribution in [0.25, 0.3) is 0 Å². The third kappa shape index (κ3) is 1.78. The summed E-state index contributed by atoms with van der Waals surface area (Å²) >= 11 is 1.51. The molecule has 0 saturated carbocycles. The van der Waals surface area contributed by atoms with Crippen molar-refractivity contribution >= 4 is 11.8 Å². The molecule has 1 aromatic heterocycles. The van der Waals surface area contributed by atoms with Gasteiger partial charge in [-0.05, 0) is 6.92 Å². The molecular formula is C10H11N3O2S. The van der Waals surface area contributed by atoms with Gasteiger partial charge in [0.15, 0.2) is 0 Å². The molecule has 2 heterocycles. The van der Waals surface area contributed by atoms with Gasteiger partial charge in [0.2, 0.25) is 0 Å². The van der Waals surface area contributed by atoms with Crippen LogP contribution in [0.5, 0.6) is 0 Å². The Morgan fingerprint density at radius 1 is 1.62 bits per heavy atom. The highest BCUT2D eigenvalue weighted by molar-refractivity contribution is 7.99. The molecule has 1 unspecified atom stereocenters. The molecule has 0 aromatic carbocycles. The molecule has 0 radical (unpaired) electrons. The fourth-order valence-electron chi connectivity index (χ4n) is 1.65. The summed E-state index contributed by atoms with van der Waals surface area (Å²) in [6, 6.07) is 3.50. The zero-order chi connectivity index (χ0) is 11.7. The Kier molecular flexibility index (Phi) is 2.88. The van der Waals surface area contributed by atoms with Gasteiger partial charge in [0, 0.05) is 24.9 Å². The number of nitrogens with zero attached hydrogens (tertiary/aromatic N) is 3. The van der Waals surface area contributed by atoms with Crippen LogP contribution in [0.1, 0.15) is 6.92 Å². The van der Waals surface area contributed by atoms with Crippen LogP contribution in [0.3, 0.4) is 0 Å². The van der Waals surface area contributed by atoms with Gasteiger partial charge in [-0.3, -0.25) is 13.9 Å². The van der Waals surface area contributed by atoms with Crippen molar-refractivity contribution in [3.05, 3.63) is 26.9 Å². The molecule has 0 N–H and O–H groups in total. The van der Waals surface area contributed by atoms with Crippen molar-refractivity contribution in [1.82, 2.24) is 9.13 Å². The number of nitriles is 1. The van der Waals surface area contributed by atoms with Crippen LogP contribution in [-0.4, -0.2) is 14.9 Å². The number of hydrogen-bond acceptors (Lipinski definition) is 4. The first-order valence-electron chi connectivity index (χ1n) is 5.00. The third-order valence-corrected chi connectivity index (χ3v) is 3.50. The molecule has 1 aliphatic heterocycles. The van der Waals surface area contributed by atoms with Gasteiger partial charge in [0.05, 0.1) is 17.0 Å². The molecule has 0 spiro atoms. The highest BCUT2D eigenvalue weighted by atomic mass is 32.2. The van der Waals surface area contributed by atoms with E-state index in [0.29, 0.717) is 6.54 Å². The van der Waals surface area contributed by atoms with E-state index in [2.05, 4.69) is 0 Å². The Morgan fingerprint density at radius 3 is 3.06 bits per heavy atom. The average molecular weight is 237 g/mol. The maximum atomic E-state index is 11.9. The van der Waals surface area contributed by atoms with Gasteiger partial charge < -0.3 is 0 Å². The summed E-state index contributed by atoms with van der Waals surface area (Å²) in [5, 5.41) is 9.43. The first kappa shape index (κ1) is 11.0. The highest BCUT2D eigenvalue weighted by Crippen LogP contribution is 2.21. The number of aromatic nitrogens is 2. The maximum Gasteiger partial charge on any atom is 0.331 e. The topological polar surface area (TPSA) is 67.8 Å². The van der Waals surface area contributed by atoms with E-state index < -0.39 is 0 Å². The van der Waals surface area contributed by atoms with Crippen LogP contribution in [0, 0.1) is 17.2 Å². The summed E-state index contributed by atoms with van der Waals surface area (Å²) < 4.78 is 2.74. The van der Waals surface area contributed by atoms with Crippen molar-refractivity contribution in [3.63, 3.8) is 0 Å². The standard InChI is InChI=1S/C10H11N3O2S/c1-7(5-11)6-13-8(14)4-9-12(10(13)15)2-3-16-9/h4,7H,2-3,6H2,1H3. The van der Waals surface area contributed by atoms with Crippen LogP contribution < -0.4 is 11.2 Å². The predicted octanol–water partition coefficient (Wildman–Crippen LogP) is 0.275. The lowest BCUT2D eigenvalue weighted by atomic mass is 10.2. The van der Waals surface area contributed by atoms with Crippen molar-refractivity contribution < 1.29 is 0 Å². The van der Waals surface area contributed by atoms with Crippen LogP contribution >= 0.6 is 11.8 Å². The lowest BCUT2D eigenvalue weighted by Crippen LogP contribution is -2.40. The first-order chi connectivity index (χ1) is 7.63. The monoisotopic (exact) mass is 237 g/mol. The highest BCUT2D eigenvalue weighted by Gasteiger charge is 2.17. The minimum atomic E-state index is -0.335. The molecule has 0 aliphatic carbocycles. The molecule has 0 bridgehead atoms. The van der Waals surface area contributed by atoms with Gasteiger partial charge in [-0.25, -0.2) is 4.79 Å². The van der Waals surface area contributed by atoms with Gasteiger partial charge in [-0.15, -0.1) is 11.8 Å². The van der Waals surface area contributed by atoms with E-state index in [1.54, 1.807) is 11.5 Å². The number of fused-ring (bicyclic) bond motifs is 1. The number of rotatable bonds is 2. The van der Waals surface area contributed by atoms with Gasteiger partial charge in [0.1, 0.15) is 0 Å². The summed E-state index contributed by atoms with van der Waals surface area (Å²) in [4.78, 5) is 23.6. The van der Waals surface area contributed by atoms with Crippen molar-refractivity contribution in [1.29, 1.82) is 5.26 Å². The molecule has 0 amide bonds. The van der Waals surface area contributed by atoms with E-state index in [0.717, 1.165) is 15.3 Å². The Balaban J connectivity index is 2.52. The number of thioether (sulfide) groups is 1. The van der Waals surface area contributed by atoms with Gasteiger partial charge in [-0.2, -0.15) is 5.26 Å². The van der Waals surface area contributed by atoms with E-state index in [1.807, 2.05) is 6.07 Å². The van der Waals surface area contributed by atoms with E-state index >= 15 is 0 Å². The fraction of sp³-hybridized carbons (Fsp3) is 0.500. The van der Waals surface area contributed by atoms with Crippen LogP contribution in [-0.2, 0) is 13.1 Å². The number of hydrogen-bond donors (Lipinski definition) is 0. The zero-order valence-corrected chi connectivity index (χ0v) is 9.66. The molecular weight excluding hydrogens is 226 g/mol. The van der Waals surface area contributed by atoms with Crippen molar-refractivity contribution in [2.45, 2.75) is 25.0 Å². The second-order valence-corrected chi connectivity index (χ2v) is 4.86. The second kappa shape index (κ2) is 4.18. The Hall–Kier alpha value is -1.48. The minimum absolute atomic E-state index is 0.166. The summed E-state index contributed by atoms with van der Waals surface area (Å²) in [6.07, 6.45) is 0. The largest absolute Gasteiger partial charge is 0.331 e. The van der Waals surface area contributed by atoms with Crippen LogP contribution in [0.4, 0.5) is 0 Å². The molecule has 16 heavy (non-hydrogen) atoms. The zero-order valence-electron chi connectivity index (χ0n) is 8.84. The van der Waals surface area contributed by atoms with E-state index in [9.17, 15) is 9.59 Å². The lowest BCUT2D eigenvalue weighted by Gasteiger charge is -2.08. The Labute approximate surface area is 96.3 Å². The van der Waals surface area contributed by atoms with Crippen molar-refractivity contribution in [2.75, 3.05) is 5.75 Å². The van der Waals surface area contributed by atoms with Crippen LogP contribution in [0.15, 0.2) is 20.7 Å².